The van der Waals surface area contributed by atoms with E-state index in [9.17, 15) is 10.1 Å². The molecule has 0 amide bonds. The molecule has 2 aliphatic rings. The van der Waals surface area contributed by atoms with Crippen LogP contribution in [0, 0.1) is 11.3 Å². The molecule has 0 aromatic heterocycles. The van der Waals surface area contributed by atoms with E-state index in [1.54, 1.807) is 12.1 Å². The summed E-state index contributed by atoms with van der Waals surface area (Å²) in [5.41, 5.74) is 10.2. The van der Waals surface area contributed by atoms with Crippen molar-refractivity contribution in [2.75, 3.05) is 4.90 Å². The molecule has 0 saturated carbocycles. The predicted octanol–water partition coefficient (Wildman–Crippen LogP) is 4.64. The van der Waals surface area contributed by atoms with Crippen LogP contribution >= 0.6 is 11.6 Å². The Morgan fingerprint density at radius 2 is 1.78 bits per heavy atom. The molecule has 2 aromatic carbocycles. The molecule has 2 aromatic rings. The fraction of sp³-hybridized carbons (Fsp3) is 0.182. The maximum absolute atomic E-state index is 12.9. The molecule has 1 heterocycles. The SMILES string of the molecule is N#CC1=C(N)N(c2ccccc2)C2=C(C(=O)CCC2)[C@@H]1c1ccc(Cl)cc1. The lowest BCUT2D eigenvalue weighted by Gasteiger charge is -2.39. The van der Waals surface area contributed by atoms with Crippen LogP contribution in [0.15, 0.2) is 77.3 Å². The van der Waals surface area contributed by atoms with Crippen LogP contribution in [0.25, 0.3) is 0 Å². The van der Waals surface area contributed by atoms with E-state index in [1.807, 2.05) is 47.4 Å². The molecule has 2 N–H and O–H groups in total. The second kappa shape index (κ2) is 6.94. The lowest BCUT2D eigenvalue weighted by molar-refractivity contribution is -0.116. The third-order valence-electron chi connectivity index (χ3n) is 5.13. The van der Waals surface area contributed by atoms with E-state index in [0.29, 0.717) is 28.4 Å². The number of ketones is 1. The smallest absolute Gasteiger partial charge is 0.161 e. The van der Waals surface area contributed by atoms with E-state index in [1.165, 1.54) is 0 Å². The number of nitrogens with zero attached hydrogens (tertiary/aromatic N) is 2. The van der Waals surface area contributed by atoms with Crippen molar-refractivity contribution >= 4 is 23.1 Å². The zero-order valence-corrected chi connectivity index (χ0v) is 15.4. The summed E-state index contributed by atoms with van der Waals surface area (Å²) in [5.74, 6) is 0.0181. The standard InChI is InChI=1S/C22H18ClN3O/c23-15-11-9-14(10-12-15)20-17(13-24)22(25)26(16-5-2-1-3-6-16)18-7-4-8-19(27)21(18)20/h1-3,5-6,9-12,20H,4,7-8,25H2/t20-/m1/s1. The fourth-order valence-corrected chi connectivity index (χ4v) is 4.07. The Hall–Kier alpha value is -3.03. The van der Waals surface area contributed by atoms with Crippen molar-refractivity contribution in [2.24, 2.45) is 5.73 Å². The molecule has 0 spiro atoms. The molecule has 134 valence electrons. The van der Waals surface area contributed by atoms with Crippen molar-refractivity contribution in [3.8, 4) is 6.07 Å². The van der Waals surface area contributed by atoms with Gasteiger partial charge in [-0.3, -0.25) is 9.69 Å². The number of allylic oxidation sites excluding steroid dienone is 3. The van der Waals surface area contributed by atoms with Gasteiger partial charge in [0.15, 0.2) is 5.78 Å². The highest BCUT2D eigenvalue weighted by molar-refractivity contribution is 6.30. The molecule has 0 unspecified atom stereocenters. The third kappa shape index (κ3) is 2.90. The van der Waals surface area contributed by atoms with Gasteiger partial charge in [0.25, 0.3) is 0 Å². The number of benzene rings is 2. The van der Waals surface area contributed by atoms with E-state index >= 15 is 0 Å². The van der Waals surface area contributed by atoms with Gasteiger partial charge in [-0.05, 0) is 42.7 Å². The highest BCUT2D eigenvalue weighted by Gasteiger charge is 2.40. The summed E-state index contributed by atoms with van der Waals surface area (Å²) in [7, 11) is 0. The normalized spacial score (nSPS) is 19.8. The largest absolute Gasteiger partial charge is 0.384 e. The van der Waals surface area contributed by atoms with E-state index in [4.69, 9.17) is 17.3 Å². The number of anilines is 1. The minimum atomic E-state index is -0.449. The molecule has 0 saturated heterocycles. The molecule has 27 heavy (non-hydrogen) atoms. The molecule has 1 aliphatic heterocycles. The zero-order valence-electron chi connectivity index (χ0n) is 14.7. The summed E-state index contributed by atoms with van der Waals surface area (Å²) in [6.07, 6.45) is 2.02. The Bertz CT molecular complexity index is 1000. The van der Waals surface area contributed by atoms with Gasteiger partial charge in [-0.2, -0.15) is 5.26 Å². The van der Waals surface area contributed by atoms with Crippen LogP contribution < -0.4 is 10.6 Å². The number of carbonyl (C=O) groups excluding carboxylic acids is 1. The second-order valence-electron chi connectivity index (χ2n) is 6.70. The Labute approximate surface area is 163 Å². The van der Waals surface area contributed by atoms with Gasteiger partial charge in [0, 0.05) is 28.4 Å². The lowest BCUT2D eigenvalue weighted by atomic mass is 9.75. The van der Waals surface area contributed by atoms with E-state index in [2.05, 4.69) is 6.07 Å². The average Bonchev–Trinajstić information content (AvgIpc) is 2.69. The second-order valence-corrected chi connectivity index (χ2v) is 7.14. The Kier molecular flexibility index (Phi) is 4.47. The maximum atomic E-state index is 12.9. The number of hydrogen-bond acceptors (Lipinski definition) is 4. The van der Waals surface area contributed by atoms with Crippen LogP contribution in [-0.2, 0) is 4.79 Å². The number of Topliss-reactive ketones (excluding diaryl/α,β-unsaturated/α-hetero) is 1. The summed E-state index contributed by atoms with van der Waals surface area (Å²) in [6.45, 7) is 0. The third-order valence-corrected chi connectivity index (χ3v) is 5.38. The Morgan fingerprint density at radius 1 is 1.07 bits per heavy atom. The molecule has 0 fully saturated rings. The predicted molar refractivity (Wildman–Crippen MR) is 106 cm³/mol. The molecule has 4 nitrogen and oxygen atoms in total. The van der Waals surface area contributed by atoms with Gasteiger partial charge in [0.05, 0.1) is 17.6 Å². The van der Waals surface area contributed by atoms with Crippen molar-refractivity contribution in [3.63, 3.8) is 0 Å². The molecular weight excluding hydrogens is 358 g/mol. The van der Waals surface area contributed by atoms with Crippen LogP contribution in [0.5, 0.6) is 0 Å². The summed E-state index contributed by atoms with van der Waals surface area (Å²) < 4.78 is 0. The number of halogens is 1. The first-order chi connectivity index (χ1) is 13.1. The van der Waals surface area contributed by atoms with E-state index in [0.717, 1.165) is 29.8 Å². The number of nitrogens with two attached hydrogens (primary N) is 1. The first-order valence-corrected chi connectivity index (χ1v) is 9.26. The van der Waals surface area contributed by atoms with Gasteiger partial charge in [-0.1, -0.05) is 41.9 Å². The molecular formula is C22H18ClN3O. The number of rotatable bonds is 2. The number of carbonyl (C=O) groups is 1. The number of hydrogen-bond donors (Lipinski definition) is 1. The first-order valence-electron chi connectivity index (χ1n) is 8.88. The van der Waals surface area contributed by atoms with Gasteiger partial charge in [0.1, 0.15) is 5.82 Å². The fourth-order valence-electron chi connectivity index (χ4n) is 3.95. The minimum absolute atomic E-state index is 0.0809. The van der Waals surface area contributed by atoms with Crippen molar-refractivity contribution < 1.29 is 4.79 Å². The summed E-state index contributed by atoms with van der Waals surface area (Å²) in [6, 6.07) is 19.2. The van der Waals surface area contributed by atoms with Gasteiger partial charge in [-0.15, -0.1) is 0 Å². The van der Waals surface area contributed by atoms with Crippen LogP contribution in [0.4, 0.5) is 5.69 Å². The van der Waals surface area contributed by atoms with Crippen molar-refractivity contribution in [1.82, 2.24) is 0 Å². The van der Waals surface area contributed by atoms with Gasteiger partial charge < -0.3 is 5.73 Å². The summed E-state index contributed by atoms with van der Waals surface area (Å²) in [5, 5.41) is 10.5. The van der Waals surface area contributed by atoms with Crippen molar-refractivity contribution in [3.05, 3.63) is 87.8 Å². The van der Waals surface area contributed by atoms with Gasteiger partial charge in [-0.25, -0.2) is 0 Å². The van der Waals surface area contributed by atoms with E-state index in [-0.39, 0.29) is 5.78 Å². The summed E-state index contributed by atoms with van der Waals surface area (Å²) in [4.78, 5) is 14.8. The molecule has 1 aliphatic carbocycles. The Balaban J connectivity index is 1.96. The minimum Gasteiger partial charge on any atom is -0.384 e. The highest BCUT2D eigenvalue weighted by Crippen LogP contribution is 2.46. The first kappa shape index (κ1) is 17.4. The summed E-state index contributed by atoms with van der Waals surface area (Å²) >= 11 is 6.03. The van der Waals surface area contributed by atoms with Crippen LogP contribution in [-0.4, -0.2) is 5.78 Å². The number of nitriles is 1. The Morgan fingerprint density at radius 3 is 2.44 bits per heavy atom. The average molecular weight is 376 g/mol. The number of para-hydroxylation sites is 1. The molecule has 0 radical (unpaired) electrons. The topological polar surface area (TPSA) is 70.1 Å². The van der Waals surface area contributed by atoms with Crippen LogP contribution in [0.2, 0.25) is 5.02 Å². The molecule has 5 heteroatoms. The molecule has 0 bridgehead atoms. The molecule has 4 rings (SSSR count). The maximum Gasteiger partial charge on any atom is 0.161 e. The monoisotopic (exact) mass is 375 g/mol. The highest BCUT2D eigenvalue weighted by atomic mass is 35.5. The van der Waals surface area contributed by atoms with Crippen LogP contribution in [0.1, 0.15) is 30.7 Å². The van der Waals surface area contributed by atoms with Crippen molar-refractivity contribution in [2.45, 2.75) is 25.2 Å². The molecule has 1 atom stereocenters. The lowest BCUT2D eigenvalue weighted by Crippen LogP contribution is -2.38. The van der Waals surface area contributed by atoms with Crippen LogP contribution in [0.3, 0.4) is 0 Å². The quantitative estimate of drug-likeness (QED) is 0.829. The zero-order chi connectivity index (χ0) is 19.0. The van der Waals surface area contributed by atoms with Crippen molar-refractivity contribution in [1.29, 1.82) is 5.26 Å². The van der Waals surface area contributed by atoms with Gasteiger partial charge in [0.2, 0.25) is 0 Å². The van der Waals surface area contributed by atoms with E-state index < -0.39 is 5.92 Å². The van der Waals surface area contributed by atoms with Gasteiger partial charge >= 0.3 is 0 Å².